The number of rotatable bonds is 3. The topological polar surface area (TPSA) is 95.7 Å². The highest BCUT2D eigenvalue weighted by Crippen LogP contribution is 2.37. The number of aliphatic hydroxyl groups excluding tert-OH is 1. The van der Waals surface area contributed by atoms with Gasteiger partial charge in [0.1, 0.15) is 5.56 Å². The van der Waals surface area contributed by atoms with Crippen LogP contribution < -0.4 is 5.32 Å². The maximum absolute atomic E-state index is 12.9. The van der Waals surface area contributed by atoms with E-state index in [4.69, 9.17) is 0 Å². The second kappa shape index (κ2) is 6.63. The Morgan fingerprint density at radius 1 is 1.50 bits per heavy atom. The lowest BCUT2D eigenvalue weighted by Crippen LogP contribution is -2.34. The lowest BCUT2D eigenvalue weighted by molar-refractivity contribution is -0.388. The Morgan fingerprint density at radius 3 is 2.67 bits per heavy atom. The van der Waals surface area contributed by atoms with Gasteiger partial charge in [-0.2, -0.15) is 13.2 Å². The number of likely N-dealkylation sites (tertiary alicyclic amines) is 1. The van der Waals surface area contributed by atoms with Gasteiger partial charge in [0.05, 0.1) is 11.0 Å². The number of amides is 2. The summed E-state index contributed by atoms with van der Waals surface area (Å²) in [6.45, 7) is 2.28. The zero-order chi connectivity index (χ0) is 18.1. The maximum Gasteiger partial charge on any atom is 0.423 e. The highest BCUT2D eigenvalue weighted by atomic mass is 19.4. The van der Waals surface area contributed by atoms with E-state index in [9.17, 15) is 33.2 Å². The molecule has 1 heterocycles. The van der Waals surface area contributed by atoms with Gasteiger partial charge < -0.3 is 15.3 Å². The summed E-state index contributed by atoms with van der Waals surface area (Å²) in [6.07, 6.45) is -4.90. The van der Waals surface area contributed by atoms with Crippen LogP contribution in [0.3, 0.4) is 0 Å². The molecule has 0 radical (unpaired) electrons. The third-order valence-corrected chi connectivity index (χ3v) is 3.94. The third kappa shape index (κ3) is 3.94. The summed E-state index contributed by atoms with van der Waals surface area (Å²) in [5.74, 6) is -0.0849. The van der Waals surface area contributed by atoms with Gasteiger partial charge in [-0.15, -0.1) is 0 Å². The van der Waals surface area contributed by atoms with Gasteiger partial charge in [0.2, 0.25) is 0 Å². The molecule has 2 rings (SSSR count). The molecule has 24 heavy (non-hydrogen) atoms. The molecule has 0 aliphatic carbocycles. The molecule has 1 saturated heterocycles. The van der Waals surface area contributed by atoms with Crippen LogP contribution in [0.2, 0.25) is 0 Å². The first kappa shape index (κ1) is 18.0. The molecule has 10 heteroatoms. The molecule has 0 unspecified atom stereocenters. The first-order valence-electron chi connectivity index (χ1n) is 7.19. The molecule has 0 saturated carbocycles. The Hall–Kier alpha value is -2.36. The van der Waals surface area contributed by atoms with E-state index in [0.717, 1.165) is 6.07 Å². The number of nitrogens with zero attached hydrogens (tertiary/aromatic N) is 2. The van der Waals surface area contributed by atoms with E-state index in [0.29, 0.717) is 31.6 Å². The zero-order valence-electron chi connectivity index (χ0n) is 12.7. The van der Waals surface area contributed by atoms with Crippen molar-refractivity contribution in [2.45, 2.75) is 25.6 Å². The summed E-state index contributed by atoms with van der Waals surface area (Å²) in [7, 11) is 0. The minimum atomic E-state index is -4.91. The Balaban J connectivity index is 2.16. The number of carbonyl (C=O) groups is 1. The zero-order valence-corrected chi connectivity index (χ0v) is 12.7. The summed E-state index contributed by atoms with van der Waals surface area (Å²) in [5, 5.41) is 22.5. The highest BCUT2D eigenvalue weighted by molar-refractivity contribution is 5.89. The summed E-state index contributed by atoms with van der Waals surface area (Å²) in [5.41, 5.74) is -2.68. The van der Waals surface area contributed by atoms with Crippen LogP contribution in [0.25, 0.3) is 0 Å². The van der Waals surface area contributed by atoms with Gasteiger partial charge >= 0.3 is 12.2 Å². The third-order valence-electron chi connectivity index (χ3n) is 3.94. The molecule has 1 aromatic rings. The predicted molar refractivity (Wildman–Crippen MR) is 78.5 cm³/mol. The van der Waals surface area contributed by atoms with E-state index < -0.39 is 34.5 Å². The molecule has 1 aromatic carbocycles. The molecule has 0 spiro atoms. The van der Waals surface area contributed by atoms with Crippen molar-refractivity contribution in [3.05, 3.63) is 33.9 Å². The summed E-state index contributed by atoms with van der Waals surface area (Å²) in [4.78, 5) is 23.0. The fraction of sp³-hybridized carbons (Fsp3) is 0.500. The molecule has 1 aliphatic rings. The van der Waals surface area contributed by atoms with Crippen molar-refractivity contribution in [3.8, 4) is 0 Å². The van der Waals surface area contributed by atoms with E-state index >= 15 is 0 Å². The Bertz CT molecular complexity index is 649. The minimum absolute atomic E-state index is 0.0849. The fourth-order valence-electron chi connectivity index (χ4n) is 2.57. The van der Waals surface area contributed by atoms with E-state index in [1.54, 1.807) is 6.92 Å². The normalized spacial score (nSPS) is 19.2. The number of alkyl halides is 3. The van der Waals surface area contributed by atoms with Crippen LogP contribution in [0.4, 0.5) is 29.3 Å². The molecular weight excluding hydrogens is 331 g/mol. The number of halogens is 3. The number of nitro benzene ring substituents is 1. The Morgan fingerprint density at radius 2 is 2.17 bits per heavy atom. The van der Waals surface area contributed by atoms with Crippen molar-refractivity contribution in [2.24, 2.45) is 5.92 Å². The Kier molecular flexibility index (Phi) is 4.97. The molecule has 0 bridgehead atoms. The van der Waals surface area contributed by atoms with Gasteiger partial charge in [0.15, 0.2) is 0 Å². The van der Waals surface area contributed by atoms with Gasteiger partial charge in [0, 0.05) is 30.8 Å². The van der Waals surface area contributed by atoms with Crippen LogP contribution in [0, 0.1) is 16.0 Å². The average molecular weight is 347 g/mol. The average Bonchev–Trinajstić information content (AvgIpc) is 2.96. The molecule has 2 amide bonds. The summed E-state index contributed by atoms with van der Waals surface area (Å²) < 4.78 is 38.7. The molecular formula is C14H16F3N3O4. The number of nitro groups is 1. The number of hydrogen-bond donors (Lipinski definition) is 2. The van der Waals surface area contributed by atoms with Crippen LogP contribution in [0.5, 0.6) is 0 Å². The van der Waals surface area contributed by atoms with Crippen LogP contribution in [0.1, 0.15) is 18.9 Å². The first-order valence-corrected chi connectivity index (χ1v) is 7.19. The van der Waals surface area contributed by atoms with Gasteiger partial charge in [0.25, 0.3) is 5.69 Å². The van der Waals surface area contributed by atoms with Crippen molar-refractivity contribution in [1.82, 2.24) is 4.90 Å². The molecule has 1 fully saturated rings. The largest absolute Gasteiger partial charge is 0.423 e. The summed E-state index contributed by atoms with van der Waals surface area (Å²) in [6, 6.07) is 1.69. The SMILES string of the molecule is C[C@@H](O)[C@H]1CCN(C(=O)Nc2ccc([N+](=O)[O-])c(C(F)(F)F)c2)C1. The highest BCUT2D eigenvalue weighted by Gasteiger charge is 2.38. The molecule has 2 atom stereocenters. The lowest BCUT2D eigenvalue weighted by atomic mass is 10.0. The number of carbonyl (C=O) groups excluding carboxylic acids is 1. The minimum Gasteiger partial charge on any atom is -0.393 e. The maximum atomic E-state index is 12.9. The van der Waals surface area contributed by atoms with Crippen LogP contribution in [0.15, 0.2) is 18.2 Å². The molecule has 1 aliphatic heterocycles. The van der Waals surface area contributed by atoms with E-state index in [-0.39, 0.29) is 11.6 Å². The number of anilines is 1. The lowest BCUT2D eigenvalue weighted by Gasteiger charge is -2.19. The molecule has 2 N–H and O–H groups in total. The standard InChI is InChI=1S/C14H16F3N3O4/c1-8(21)9-4-5-19(7-9)13(22)18-10-2-3-12(20(23)24)11(6-10)14(15,16)17/h2-3,6,8-9,21H,4-5,7H2,1H3,(H,18,22)/t8-,9+/m1/s1. The van der Waals surface area contributed by atoms with Gasteiger partial charge in [-0.1, -0.05) is 0 Å². The first-order chi connectivity index (χ1) is 11.1. The summed E-state index contributed by atoms with van der Waals surface area (Å²) >= 11 is 0. The monoisotopic (exact) mass is 347 g/mol. The van der Waals surface area contributed by atoms with Crippen molar-refractivity contribution < 1.29 is 28.0 Å². The Labute approximate surface area is 135 Å². The smallest absolute Gasteiger partial charge is 0.393 e. The fourth-order valence-corrected chi connectivity index (χ4v) is 2.57. The van der Waals surface area contributed by atoms with Gasteiger partial charge in [-0.3, -0.25) is 10.1 Å². The van der Waals surface area contributed by atoms with Crippen molar-refractivity contribution in [3.63, 3.8) is 0 Å². The van der Waals surface area contributed by atoms with Crippen molar-refractivity contribution in [2.75, 3.05) is 18.4 Å². The van der Waals surface area contributed by atoms with Crippen molar-refractivity contribution >= 4 is 17.4 Å². The predicted octanol–water partition coefficient (Wildman–Crippen LogP) is 2.85. The van der Waals surface area contributed by atoms with E-state index in [1.165, 1.54) is 4.90 Å². The van der Waals surface area contributed by atoms with Gasteiger partial charge in [-0.25, -0.2) is 4.79 Å². The van der Waals surface area contributed by atoms with Crippen molar-refractivity contribution in [1.29, 1.82) is 0 Å². The molecule has 0 aromatic heterocycles. The van der Waals surface area contributed by atoms with Crippen LogP contribution >= 0.6 is 0 Å². The quantitative estimate of drug-likeness (QED) is 0.649. The molecule has 132 valence electrons. The molecule has 7 nitrogen and oxygen atoms in total. The van der Waals surface area contributed by atoms with Gasteiger partial charge in [-0.05, 0) is 25.5 Å². The van der Waals surface area contributed by atoms with Crippen LogP contribution in [-0.2, 0) is 6.18 Å². The number of urea groups is 1. The number of benzene rings is 1. The van der Waals surface area contributed by atoms with E-state index in [2.05, 4.69) is 5.32 Å². The number of nitrogens with one attached hydrogen (secondary N) is 1. The second-order valence-electron chi connectivity index (χ2n) is 5.65. The number of hydrogen-bond acceptors (Lipinski definition) is 4. The van der Waals surface area contributed by atoms with Crippen LogP contribution in [-0.4, -0.2) is 40.2 Å². The second-order valence-corrected chi connectivity index (χ2v) is 5.65. The number of aliphatic hydroxyl groups is 1. The van der Waals surface area contributed by atoms with E-state index in [1.807, 2.05) is 0 Å².